The number of ether oxygens (including phenoxy) is 1. The summed E-state index contributed by atoms with van der Waals surface area (Å²) in [7, 11) is 0. The van der Waals surface area contributed by atoms with Crippen molar-refractivity contribution in [3.8, 4) is 5.75 Å². The summed E-state index contributed by atoms with van der Waals surface area (Å²) in [6, 6.07) is 14.4. The quantitative estimate of drug-likeness (QED) is 0.755. The van der Waals surface area contributed by atoms with E-state index in [1.54, 1.807) is 0 Å². The molecule has 3 rings (SSSR count). The van der Waals surface area contributed by atoms with E-state index in [0.29, 0.717) is 5.92 Å². The maximum atomic E-state index is 6.04. The zero-order chi connectivity index (χ0) is 12.6. The lowest BCUT2D eigenvalue weighted by atomic mass is 9.82. The van der Waals surface area contributed by atoms with Gasteiger partial charge in [0.1, 0.15) is 11.4 Å². The van der Waals surface area contributed by atoms with E-state index in [1.807, 2.05) is 30.5 Å². The molecule has 0 saturated heterocycles. The second-order valence-corrected chi connectivity index (χ2v) is 5.41. The van der Waals surface area contributed by atoms with Gasteiger partial charge in [0.05, 0.1) is 0 Å². The van der Waals surface area contributed by atoms with E-state index >= 15 is 0 Å². The van der Waals surface area contributed by atoms with E-state index in [0.717, 1.165) is 17.9 Å². The molecular formula is C16H17NO. The van der Waals surface area contributed by atoms with Crippen molar-refractivity contribution in [2.75, 3.05) is 0 Å². The number of pyridine rings is 1. The van der Waals surface area contributed by atoms with Crippen LogP contribution in [0.2, 0.25) is 0 Å². The lowest BCUT2D eigenvalue weighted by Gasteiger charge is -2.37. The molecule has 1 aromatic heterocycles. The van der Waals surface area contributed by atoms with Gasteiger partial charge in [-0.3, -0.25) is 4.98 Å². The number of para-hydroxylation sites is 1. The molecule has 2 aromatic rings. The maximum absolute atomic E-state index is 6.04. The Morgan fingerprint density at radius 2 is 1.89 bits per heavy atom. The van der Waals surface area contributed by atoms with Gasteiger partial charge in [-0.1, -0.05) is 24.3 Å². The normalized spacial score (nSPS) is 20.9. The van der Waals surface area contributed by atoms with Gasteiger partial charge in [0, 0.05) is 23.4 Å². The summed E-state index contributed by atoms with van der Waals surface area (Å²) in [5.41, 5.74) is 2.23. The fraction of sp³-hybridized carbons (Fsp3) is 0.312. The van der Waals surface area contributed by atoms with Gasteiger partial charge in [0.15, 0.2) is 0 Å². The highest BCUT2D eigenvalue weighted by atomic mass is 16.5. The maximum Gasteiger partial charge on any atom is 0.123 e. The number of hydrogen-bond donors (Lipinski definition) is 0. The Hall–Kier alpha value is -1.83. The SMILES string of the molecule is CC1(C)CC(c2ccccn2)c2ccccc2O1. The molecule has 2 heteroatoms. The summed E-state index contributed by atoms with van der Waals surface area (Å²) < 4.78 is 6.04. The first-order valence-corrected chi connectivity index (χ1v) is 6.35. The predicted octanol–water partition coefficient (Wildman–Crippen LogP) is 3.77. The van der Waals surface area contributed by atoms with E-state index < -0.39 is 0 Å². The second kappa shape index (κ2) is 4.13. The molecule has 0 saturated carbocycles. The summed E-state index contributed by atoms with van der Waals surface area (Å²) in [5, 5.41) is 0. The summed E-state index contributed by atoms with van der Waals surface area (Å²) in [6.07, 6.45) is 2.82. The van der Waals surface area contributed by atoms with Crippen molar-refractivity contribution in [2.45, 2.75) is 31.8 Å². The van der Waals surface area contributed by atoms with Gasteiger partial charge in [-0.15, -0.1) is 0 Å². The molecule has 0 amide bonds. The Morgan fingerprint density at radius 1 is 1.11 bits per heavy atom. The first-order valence-electron chi connectivity index (χ1n) is 6.35. The molecule has 1 atom stereocenters. The summed E-state index contributed by atoms with van der Waals surface area (Å²) in [6.45, 7) is 4.28. The molecule has 2 heterocycles. The Labute approximate surface area is 108 Å². The smallest absolute Gasteiger partial charge is 0.123 e. The number of rotatable bonds is 1. The number of nitrogens with zero attached hydrogens (tertiary/aromatic N) is 1. The van der Waals surface area contributed by atoms with Crippen LogP contribution >= 0.6 is 0 Å². The fourth-order valence-corrected chi connectivity index (χ4v) is 2.65. The highest BCUT2D eigenvalue weighted by Crippen LogP contribution is 2.43. The predicted molar refractivity (Wildman–Crippen MR) is 71.8 cm³/mol. The van der Waals surface area contributed by atoms with Crippen LogP contribution in [-0.2, 0) is 0 Å². The molecule has 0 fully saturated rings. The van der Waals surface area contributed by atoms with Crippen LogP contribution in [0, 0.1) is 0 Å². The van der Waals surface area contributed by atoms with Crippen LogP contribution in [0.5, 0.6) is 5.75 Å². The molecule has 18 heavy (non-hydrogen) atoms. The summed E-state index contributed by atoms with van der Waals surface area (Å²) in [4.78, 5) is 4.51. The third-order valence-corrected chi connectivity index (χ3v) is 3.42. The molecule has 1 unspecified atom stereocenters. The van der Waals surface area contributed by atoms with E-state index in [-0.39, 0.29) is 5.60 Å². The lowest BCUT2D eigenvalue weighted by Crippen LogP contribution is -2.35. The van der Waals surface area contributed by atoms with Gasteiger partial charge in [0.25, 0.3) is 0 Å². The zero-order valence-corrected chi connectivity index (χ0v) is 10.8. The van der Waals surface area contributed by atoms with Crippen molar-refractivity contribution in [1.29, 1.82) is 0 Å². The van der Waals surface area contributed by atoms with E-state index in [4.69, 9.17) is 4.74 Å². The molecule has 0 bridgehead atoms. The van der Waals surface area contributed by atoms with Gasteiger partial charge < -0.3 is 4.74 Å². The molecule has 0 N–H and O–H groups in total. The van der Waals surface area contributed by atoms with Crippen LogP contribution in [0.25, 0.3) is 0 Å². The molecule has 1 aliphatic rings. The standard InChI is InChI=1S/C16H17NO/c1-16(2)11-13(14-8-5-6-10-17-14)12-7-3-4-9-15(12)18-16/h3-10,13H,11H2,1-2H3. The fourth-order valence-electron chi connectivity index (χ4n) is 2.65. The third kappa shape index (κ3) is 1.99. The van der Waals surface area contributed by atoms with Crippen molar-refractivity contribution in [3.63, 3.8) is 0 Å². The van der Waals surface area contributed by atoms with Gasteiger partial charge in [-0.25, -0.2) is 0 Å². The zero-order valence-electron chi connectivity index (χ0n) is 10.8. The van der Waals surface area contributed by atoms with Gasteiger partial charge in [0.2, 0.25) is 0 Å². The van der Waals surface area contributed by atoms with Crippen molar-refractivity contribution in [2.24, 2.45) is 0 Å². The molecule has 1 aromatic carbocycles. The molecular weight excluding hydrogens is 222 g/mol. The van der Waals surface area contributed by atoms with Crippen LogP contribution in [0.1, 0.15) is 37.4 Å². The number of benzene rings is 1. The Kier molecular flexibility index (Phi) is 2.58. The van der Waals surface area contributed by atoms with Crippen LogP contribution < -0.4 is 4.74 Å². The van der Waals surface area contributed by atoms with Gasteiger partial charge in [-0.05, 0) is 38.5 Å². The largest absolute Gasteiger partial charge is 0.488 e. The molecule has 1 aliphatic heterocycles. The first kappa shape index (κ1) is 11.3. The van der Waals surface area contributed by atoms with E-state index in [1.165, 1.54) is 5.56 Å². The first-order chi connectivity index (χ1) is 8.66. The van der Waals surface area contributed by atoms with Crippen molar-refractivity contribution in [1.82, 2.24) is 4.98 Å². The van der Waals surface area contributed by atoms with Crippen LogP contribution in [-0.4, -0.2) is 10.6 Å². The average Bonchev–Trinajstić information content (AvgIpc) is 2.38. The van der Waals surface area contributed by atoms with Crippen molar-refractivity contribution < 1.29 is 4.74 Å². The monoisotopic (exact) mass is 239 g/mol. The lowest BCUT2D eigenvalue weighted by molar-refractivity contribution is 0.0769. The van der Waals surface area contributed by atoms with Crippen molar-refractivity contribution >= 4 is 0 Å². The molecule has 92 valence electrons. The minimum Gasteiger partial charge on any atom is -0.488 e. The van der Waals surface area contributed by atoms with Crippen LogP contribution in [0.4, 0.5) is 0 Å². The van der Waals surface area contributed by atoms with Gasteiger partial charge >= 0.3 is 0 Å². The molecule has 2 nitrogen and oxygen atoms in total. The Balaban J connectivity index is 2.10. The topological polar surface area (TPSA) is 22.1 Å². The highest BCUT2D eigenvalue weighted by Gasteiger charge is 2.34. The minimum absolute atomic E-state index is 0.142. The second-order valence-electron chi connectivity index (χ2n) is 5.41. The Morgan fingerprint density at radius 3 is 2.67 bits per heavy atom. The molecule has 0 spiro atoms. The number of fused-ring (bicyclic) bond motifs is 1. The summed E-state index contributed by atoms with van der Waals surface area (Å²) in [5.74, 6) is 1.32. The highest BCUT2D eigenvalue weighted by molar-refractivity contribution is 5.43. The molecule has 0 radical (unpaired) electrons. The van der Waals surface area contributed by atoms with E-state index in [9.17, 15) is 0 Å². The van der Waals surface area contributed by atoms with Crippen LogP contribution in [0.3, 0.4) is 0 Å². The molecule has 0 aliphatic carbocycles. The van der Waals surface area contributed by atoms with Crippen molar-refractivity contribution in [3.05, 3.63) is 59.9 Å². The average molecular weight is 239 g/mol. The number of aromatic nitrogens is 1. The third-order valence-electron chi connectivity index (χ3n) is 3.42. The van der Waals surface area contributed by atoms with Gasteiger partial charge in [-0.2, -0.15) is 0 Å². The minimum atomic E-state index is -0.142. The van der Waals surface area contributed by atoms with E-state index in [2.05, 4.69) is 37.0 Å². The number of hydrogen-bond acceptors (Lipinski definition) is 2. The van der Waals surface area contributed by atoms with Crippen LogP contribution in [0.15, 0.2) is 48.7 Å². The summed E-state index contributed by atoms with van der Waals surface area (Å²) >= 11 is 0. The Bertz CT molecular complexity index is 548.